The van der Waals surface area contributed by atoms with E-state index in [9.17, 15) is 4.39 Å². The third-order valence-corrected chi connectivity index (χ3v) is 4.35. The van der Waals surface area contributed by atoms with E-state index in [1.807, 2.05) is 36.5 Å². The first-order valence-corrected chi connectivity index (χ1v) is 8.62. The predicted molar refractivity (Wildman–Crippen MR) is 102 cm³/mol. The van der Waals surface area contributed by atoms with Gasteiger partial charge >= 0.3 is 0 Å². The first-order chi connectivity index (χ1) is 12.8. The Morgan fingerprint density at radius 3 is 2.62 bits per heavy atom. The highest BCUT2D eigenvalue weighted by molar-refractivity contribution is 5.87. The van der Waals surface area contributed by atoms with Crippen LogP contribution in [0, 0.1) is 5.82 Å². The number of benzene rings is 2. The third-order valence-electron chi connectivity index (χ3n) is 4.35. The van der Waals surface area contributed by atoms with E-state index in [0.717, 1.165) is 35.4 Å². The van der Waals surface area contributed by atoms with Crippen LogP contribution in [0.2, 0.25) is 0 Å². The molecule has 0 aliphatic heterocycles. The van der Waals surface area contributed by atoms with Crippen LogP contribution in [0.4, 0.5) is 10.2 Å². The van der Waals surface area contributed by atoms with E-state index in [4.69, 9.17) is 0 Å². The number of hydrogen-bond donors (Lipinski definition) is 1. The Morgan fingerprint density at radius 2 is 1.77 bits per heavy atom. The molecule has 5 heteroatoms. The molecule has 4 nitrogen and oxygen atoms in total. The van der Waals surface area contributed by atoms with Crippen LogP contribution in [0.5, 0.6) is 0 Å². The zero-order valence-electron chi connectivity index (χ0n) is 14.3. The van der Waals surface area contributed by atoms with Gasteiger partial charge in [-0.1, -0.05) is 42.5 Å². The fourth-order valence-electron chi connectivity index (χ4n) is 3.07. The maximum absolute atomic E-state index is 13.3. The number of anilines is 1. The van der Waals surface area contributed by atoms with E-state index in [-0.39, 0.29) is 5.82 Å². The lowest BCUT2D eigenvalue weighted by Crippen LogP contribution is -2.07. The van der Waals surface area contributed by atoms with Gasteiger partial charge in [0.25, 0.3) is 0 Å². The second kappa shape index (κ2) is 7.35. The molecule has 1 N–H and O–H groups in total. The first-order valence-electron chi connectivity index (χ1n) is 8.62. The second-order valence-electron chi connectivity index (χ2n) is 6.20. The Labute approximate surface area is 151 Å². The van der Waals surface area contributed by atoms with Gasteiger partial charge in [0.2, 0.25) is 0 Å². The van der Waals surface area contributed by atoms with Gasteiger partial charge < -0.3 is 9.88 Å². The molecular weight excluding hydrogens is 327 g/mol. The molecule has 0 aliphatic carbocycles. The van der Waals surface area contributed by atoms with E-state index in [1.165, 1.54) is 11.6 Å². The standard InChI is InChI=1S/C21H19FN4/c22-18-8-4-7-16(13-18)9-11-23-20-19-10-12-26(21(19)25-15-24-20)14-17-5-2-1-3-6-17/h1-8,10,12-13,15H,9,11,14H2,(H,23,24,25). The maximum Gasteiger partial charge on any atom is 0.145 e. The highest BCUT2D eigenvalue weighted by Gasteiger charge is 2.08. The molecular formula is C21H19FN4. The number of nitrogens with zero attached hydrogens (tertiary/aromatic N) is 3. The van der Waals surface area contributed by atoms with Crippen LogP contribution < -0.4 is 5.32 Å². The first kappa shape index (κ1) is 16.3. The molecule has 0 radical (unpaired) electrons. The molecule has 0 amide bonds. The van der Waals surface area contributed by atoms with Crippen LogP contribution in [0.25, 0.3) is 11.0 Å². The highest BCUT2D eigenvalue weighted by atomic mass is 19.1. The van der Waals surface area contributed by atoms with Gasteiger partial charge in [-0.2, -0.15) is 0 Å². The second-order valence-corrected chi connectivity index (χ2v) is 6.20. The molecule has 0 spiro atoms. The fraction of sp³-hybridized carbons (Fsp3) is 0.143. The summed E-state index contributed by atoms with van der Waals surface area (Å²) in [5.74, 6) is 0.600. The van der Waals surface area contributed by atoms with Crippen molar-refractivity contribution in [1.82, 2.24) is 14.5 Å². The summed E-state index contributed by atoms with van der Waals surface area (Å²) in [6.07, 6.45) is 4.34. The summed E-state index contributed by atoms with van der Waals surface area (Å²) in [5, 5.41) is 4.33. The lowest BCUT2D eigenvalue weighted by atomic mass is 10.1. The Morgan fingerprint density at radius 1 is 0.923 bits per heavy atom. The largest absolute Gasteiger partial charge is 0.369 e. The molecule has 130 valence electrons. The molecule has 4 aromatic rings. The van der Waals surface area contributed by atoms with Gasteiger partial charge in [0.05, 0.1) is 5.39 Å². The molecule has 2 aromatic heterocycles. The van der Waals surface area contributed by atoms with Crippen molar-refractivity contribution in [3.8, 4) is 0 Å². The summed E-state index contributed by atoms with van der Waals surface area (Å²) in [5.41, 5.74) is 3.09. The van der Waals surface area contributed by atoms with Crippen LogP contribution in [0.15, 0.2) is 73.2 Å². The molecule has 26 heavy (non-hydrogen) atoms. The van der Waals surface area contributed by atoms with Gasteiger partial charge in [0.15, 0.2) is 0 Å². The Balaban J connectivity index is 1.49. The van der Waals surface area contributed by atoms with Crippen molar-refractivity contribution in [2.75, 3.05) is 11.9 Å². The minimum absolute atomic E-state index is 0.204. The number of halogens is 1. The summed E-state index contributed by atoms with van der Waals surface area (Å²) in [4.78, 5) is 8.80. The SMILES string of the molecule is Fc1cccc(CCNc2ncnc3c2ccn3Cc2ccccc2)c1. The van der Waals surface area contributed by atoms with Crippen LogP contribution >= 0.6 is 0 Å². The Kier molecular flexibility index (Phi) is 4.60. The van der Waals surface area contributed by atoms with Crippen molar-refractivity contribution in [1.29, 1.82) is 0 Å². The van der Waals surface area contributed by atoms with Crippen LogP contribution in [-0.4, -0.2) is 21.1 Å². The van der Waals surface area contributed by atoms with E-state index in [0.29, 0.717) is 6.54 Å². The number of hydrogen-bond acceptors (Lipinski definition) is 3. The zero-order valence-corrected chi connectivity index (χ0v) is 14.3. The quantitative estimate of drug-likeness (QED) is 0.567. The van der Waals surface area contributed by atoms with Crippen molar-refractivity contribution in [2.45, 2.75) is 13.0 Å². The van der Waals surface area contributed by atoms with E-state index in [2.05, 4.69) is 32.0 Å². The van der Waals surface area contributed by atoms with Crippen molar-refractivity contribution in [2.24, 2.45) is 0 Å². The molecule has 0 unspecified atom stereocenters. The fourth-order valence-corrected chi connectivity index (χ4v) is 3.07. The number of rotatable bonds is 6. The maximum atomic E-state index is 13.3. The predicted octanol–water partition coefficient (Wildman–Crippen LogP) is 4.27. The number of nitrogens with one attached hydrogen (secondary N) is 1. The summed E-state index contributed by atoms with van der Waals surface area (Å²) in [6, 6.07) is 19.0. The van der Waals surface area contributed by atoms with Crippen molar-refractivity contribution in [3.05, 3.63) is 90.1 Å². The van der Waals surface area contributed by atoms with E-state index in [1.54, 1.807) is 18.5 Å². The molecule has 0 aliphatic rings. The summed E-state index contributed by atoms with van der Waals surface area (Å²) in [7, 11) is 0. The summed E-state index contributed by atoms with van der Waals surface area (Å²) < 4.78 is 15.4. The molecule has 0 bridgehead atoms. The average molecular weight is 346 g/mol. The Bertz CT molecular complexity index is 1010. The summed E-state index contributed by atoms with van der Waals surface area (Å²) >= 11 is 0. The van der Waals surface area contributed by atoms with Crippen LogP contribution in [0.3, 0.4) is 0 Å². The smallest absolute Gasteiger partial charge is 0.145 e. The van der Waals surface area contributed by atoms with Gasteiger partial charge in [-0.3, -0.25) is 0 Å². The molecule has 0 saturated heterocycles. The van der Waals surface area contributed by atoms with Gasteiger partial charge in [0.1, 0.15) is 23.6 Å². The van der Waals surface area contributed by atoms with Crippen molar-refractivity contribution >= 4 is 16.9 Å². The van der Waals surface area contributed by atoms with Crippen molar-refractivity contribution < 1.29 is 4.39 Å². The number of fused-ring (bicyclic) bond motifs is 1. The van der Waals surface area contributed by atoms with Gasteiger partial charge in [-0.05, 0) is 35.7 Å². The zero-order chi connectivity index (χ0) is 17.8. The molecule has 4 rings (SSSR count). The monoisotopic (exact) mass is 346 g/mol. The molecule has 0 fully saturated rings. The molecule has 0 saturated carbocycles. The minimum Gasteiger partial charge on any atom is -0.369 e. The van der Waals surface area contributed by atoms with Crippen molar-refractivity contribution in [3.63, 3.8) is 0 Å². The molecule has 2 heterocycles. The van der Waals surface area contributed by atoms with Crippen LogP contribution in [0.1, 0.15) is 11.1 Å². The normalized spacial score (nSPS) is 11.0. The number of aromatic nitrogens is 3. The lowest BCUT2D eigenvalue weighted by molar-refractivity contribution is 0.625. The molecule has 2 aromatic carbocycles. The van der Waals surface area contributed by atoms with Gasteiger partial charge in [0, 0.05) is 19.3 Å². The van der Waals surface area contributed by atoms with Gasteiger partial charge in [-0.15, -0.1) is 0 Å². The third kappa shape index (κ3) is 3.57. The van der Waals surface area contributed by atoms with Crippen LogP contribution in [-0.2, 0) is 13.0 Å². The van der Waals surface area contributed by atoms with E-state index >= 15 is 0 Å². The Hall–Kier alpha value is -3.21. The van der Waals surface area contributed by atoms with Gasteiger partial charge in [-0.25, -0.2) is 14.4 Å². The lowest BCUT2D eigenvalue weighted by Gasteiger charge is -2.08. The average Bonchev–Trinajstić information content (AvgIpc) is 3.07. The minimum atomic E-state index is -0.204. The molecule has 0 atom stereocenters. The van der Waals surface area contributed by atoms with E-state index < -0.39 is 0 Å². The topological polar surface area (TPSA) is 42.7 Å². The summed E-state index contributed by atoms with van der Waals surface area (Å²) in [6.45, 7) is 1.45. The highest BCUT2D eigenvalue weighted by Crippen LogP contribution is 2.21.